The fourth-order valence-electron chi connectivity index (χ4n) is 1.14. The second-order valence-corrected chi connectivity index (χ2v) is 3.77. The summed E-state index contributed by atoms with van der Waals surface area (Å²) in [6.07, 6.45) is 0. The highest BCUT2D eigenvalue weighted by molar-refractivity contribution is 5.87. The Bertz CT molecular complexity index is 446. The van der Waals surface area contributed by atoms with Crippen LogP contribution < -0.4 is 0 Å². The quantitative estimate of drug-likeness (QED) is 0.809. The van der Waals surface area contributed by atoms with E-state index in [2.05, 4.69) is 0 Å². The van der Waals surface area contributed by atoms with Gasteiger partial charge in [-0.2, -0.15) is 5.26 Å². The Hall–Kier alpha value is -1.89. The molecule has 0 fully saturated rings. The zero-order chi connectivity index (χ0) is 11.6. The summed E-state index contributed by atoms with van der Waals surface area (Å²) in [5, 5.41) is 17.6. The lowest BCUT2D eigenvalue weighted by molar-refractivity contribution is 0.0696. The van der Waals surface area contributed by atoms with E-state index >= 15 is 0 Å². The molecule has 0 aliphatic rings. The van der Waals surface area contributed by atoms with Crippen molar-refractivity contribution >= 4 is 5.97 Å². The van der Waals surface area contributed by atoms with Crippen molar-refractivity contribution in [2.45, 2.75) is 19.3 Å². The number of aromatic carboxylic acids is 1. The van der Waals surface area contributed by atoms with Crippen molar-refractivity contribution in [2.75, 3.05) is 0 Å². The maximum Gasteiger partial charge on any atom is 0.335 e. The van der Waals surface area contributed by atoms with Crippen molar-refractivity contribution < 1.29 is 14.3 Å². The molecule has 4 heteroatoms. The van der Waals surface area contributed by atoms with Gasteiger partial charge in [-0.25, -0.2) is 9.18 Å². The van der Waals surface area contributed by atoms with Crippen LogP contribution in [0.25, 0.3) is 0 Å². The topological polar surface area (TPSA) is 61.1 Å². The molecule has 1 aromatic carbocycles. The Morgan fingerprint density at radius 3 is 2.53 bits per heavy atom. The van der Waals surface area contributed by atoms with Crippen molar-refractivity contribution in [3.05, 3.63) is 35.1 Å². The average Bonchev–Trinajstić information content (AvgIpc) is 2.16. The molecule has 0 bridgehead atoms. The molecule has 1 N–H and O–H groups in total. The van der Waals surface area contributed by atoms with Crippen molar-refractivity contribution in [3.8, 4) is 6.07 Å². The van der Waals surface area contributed by atoms with Crippen LogP contribution >= 0.6 is 0 Å². The van der Waals surface area contributed by atoms with Crippen LogP contribution in [0.1, 0.15) is 29.8 Å². The third kappa shape index (κ3) is 2.32. The molecule has 0 atom stereocenters. The molecule has 0 spiro atoms. The first kappa shape index (κ1) is 11.2. The molecule has 78 valence electrons. The third-order valence-corrected chi connectivity index (χ3v) is 2.15. The average molecular weight is 207 g/mol. The van der Waals surface area contributed by atoms with Crippen LogP contribution in [0.2, 0.25) is 0 Å². The molecular formula is C11H10FNO2. The van der Waals surface area contributed by atoms with Gasteiger partial charge in [-0.05, 0) is 37.6 Å². The third-order valence-electron chi connectivity index (χ3n) is 2.15. The number of rotatable bonds is 2. The summed E-state index contributed by atoms with van der Waals surface area (Å²) in [6.45, 7) is 3.21. The van der Waals surface area contributed by atoms with Crippen LogP contribution in [0.4, 0.5) is 4.39 Å². The van der Waals surface area contributed by atoms with Gasteiger partial charge in [0.1, 0.15) is 5.82 Å². The summed E-state index contributed by atoms with van der Waals surface area (Å²) in [5.41, 5.74) is -0.678. The number of carboxylic acid groups (broad SMARTS) is 1. The highest BCUT2D eigenvalue weighted by Crippen LogP contribution is 2.24. The zero-order valence-corrected chi connectivity index (χ0v) is 8.41. The van der Waals surface area contributed by atoms with Gasteiger partial charge in [-0.15, -0.1) is 0 Å². The molecule has 1 rings (SSSR count). The first-order chi connectivity index (χ1) is 6.86. The monoisotopic (exact) mass is 207 g/mol. The number of benzene rings is 1. The molecule has 1 aromatic rings. The molecule has 0 aliphatic heterocycles. The lowest BCUT2D eigenvalue weighted by atomic mass is 9.85. The fraction of sp³-hybridized carbons (Fsp3) is 0.273. The molecule has 0 saturated carbocycles. The minimum atomic E-state index is -1.20. The summed E-state index contributed by atoms with van der Waals surface area (Å²) in [4.78, 5) is 10.7. The molecular weight excluding hydrogens is 197 g/mol. The van der Waals surface area contributed by atoms with Gasteiger partial charge in [0.25, 0.3) is 0 Å². The normalized spacial score (nSPS) is 10.8. The van der Waals surface area contributed by atoms with Gasteiger partial charge in [0.2, 0.25) is 0 Å². The largest absolute Gasteiger partial charge is 0.478 e. The SMILES string of the molecule is CC(C)(C#N)c1cc(F)cc(C(=O)O)c1. The molecule has 0 unspecified atom stereocenters. The number of carbonyl (C=O) groups is 1. The van der Waals surface area contributed by atoms with Gasteiger partial charge >= 0.3 is 5.97 Å². The van der Waals surface area contributed by atoms with Crippen LogP contribution in [0.15, 0.2) is 18.2 Å². The smallest absolute Gasteiger partial charge is 0.335 e. The Labute approximate surface area is 86.8 Å². The maximum absolute atomic E-state index is 13.1. The summed E-state index contributed by atoms with van der Waals surface area (Å²) in [7, 11) is 0. The molecule has 0 saturated heterocycles. The van der Waals surface area contributed by atoms with Gasteiger partial charge in [-0.1, -0.05) is 0 Å². The van der Waals surface area contributed by atoms with E-state index in [-0.39, 0.29) is 5.56 Å². The molecule has 0 amide bonds. The summed E-state index contributed by atoms with van der Waals surface area (Å²) < 4.78 is 13.1. The Kier molecular flexibility index (Phi) is 2.76. The summed E-state index contributed by atoms with van der Waals surface area (Å²) >= 11 is 0. The second kappa shape index (κ2) is 3.70. The van der Waals surface area contributed by atoms with E-state index < -0.39 is 17.2 Å². The van der Waals surface area contributed by atoms with E-state index in [0.29, 0.717) is 5.56 Å². The van der Waals surface area contributed by atoms with Crippen molar-refractivity contribution in [2.24, 2.45) is 0 Å². The Morgan fingerprint density at radius 1 is 1.47 bits per heavy atom. The van der Waals surface area contributed by atoms with Crippen molar-refractivity contribution in [3.63, 3.8) is 0 Å². The van der Waals surface area contributed by atoms with Crippen LogP contribution in [-0.2, 0) is 5.41 Å². The molecule has 0 aliphatic carbocycles. The molecule has 3 nitrogen and oxygen atoms in total. The number of carboxylic acids is 1. The number of halogens is 1. The minimum absolute atomic E-state index is 0.145. The number of hydrogen-bond donors (Lipinski definition) is 1. The minimum Gasteiger partial charge on any atom is -0.478 e. The second-order valence-electron chi connectivity index (χ2n) is 3.77. The van der Waals surface area contributed by atoms with E-state index in [1.54, 1.807) is 13.8 Å². The first-order valence-corrected chi connectivity index (χ1v) is 4.32. The predicted octanol–water partition coefficient (Wildman–Crippen LogP) is 2.33. The molecule has 0 radical (unpaired) electrons. The number of nitrogens with zero attached hydrogens (tertiary/aromatic N) is 1. The van der Waals surface area contributed by atoms with Gasteiger partial charge in [0.05, 0.1) is 17.0 Å². The van der Waals surface area contributed by atoms with E-state index in [1.807, 2.05) is 6.07 Å². The van der Waals surface area contributed by atoms with Crippen LogP contribution in [-0.4, -0.2) is 11.1 Å². The predicted molar refractivity (Wildman–Crippen MR) is 52.0 cm³/mol. The highest BCUT2D eigenvalue weighted by atomic mass is 19.1. The number of nitriles is 1. The van der Waals surface area contributed by atoms with Crippen LogP contribution in [0.5, 0.6) is 0 Å². The van der Waals surface area contributed by atoms with Gasteiger partial charge in [0.15, 0.2) is 0 Å². The Balaban J connectivity index is 3.34. The van der Waals surface area contributed by atoms with E-state index in [4.69, 9.17) is 10.4 Å². The molecule has 0 aromatic heterocycles. The summed E-state index contributed by atoms with van der Waals surface area (Å²) in [5.74, 6) is -1.85. The molecule has 0 heterocycles. The number of hydrogen-bond acceptors (Lipinski definition) is 2. The highest BCUT2D eigenvalue weighted by Gasteiger charge is 2.22. The maximum atomic E-state index is 13.1. The lowest BCUT2D eigenvalue weighted by Gasteiger charge is -2.16. The molecule has 15 heavy (non-hydrogen) atoms. The fourth-order valence-corrected chi connectivity index (χ4v) is 1.14. The zero-order valence-electron chi connectivity index (χ0n) is 8.41. The first-order valence-electron chi connectivity index (χ1n) is 4.32. The van der Waals surface area contributed by atoms with Crippen LogP contribution in [0, 0.1) is 17.1 Å². The van der Waals surface area contributed by atoms with Gasteiger partial charge in [-0.3, -0.25) is 0 Å². The standard InChI is InChI=1S/C11H10FNO2/c1-11(2,6-13)8-3-7(10(14)15)4-9(12)5-8/h3-5H,1-2H3,(H,14,15). The van der Waals surface area contributed by atoms with Gasteiger partial charge < -0.3 is 5.11 Å². The lowest BCUT2D eigenvalue weighted by Crippen LogP contribution is -2.15. The summed E-state index contributed by atoms with van der Waals surface area (Å²) in [6, 6.07) is 5.41. The van der Waals surface area contributed by atoms with Crippen molar-refractivity contribution in [1.82, 2.24) is 0 Å². The van der Waals surface area contributed by atoms with E-state index in [9.17, 15) is 9.18 Å². The van der Waals surface area contributed by atoms with E-state index in [0.717, 1.165) is 6.07 Å². The van der Waals surface area contributed by atoms with E-state index in [1.165, 1.54) is 12.1 Å². The Morgan fingerprint density at radius 2 is 2.07 bits per heavy atom. The van der Waals surface area contributed by atoms with Gasteiger partial charge in [0, 0.05) is 0 Å². The van der Waals surface area contributed by atoms with Crippen molar-refractivity contribution in [1.29, 1.82) is 5.26 Å². The van der Waals surface area contributed by atoms with Crippen LogP contribution in [0.3, 0.4) is 0 Å².